The van der Waals surface area contributed by atoms with Crippen LogP contribution in [-0.4, -0.2) is 43.3 Å². The molecule has 5 nitrogen and oxygen atoms in total. The summed E-state index contributed by atoms with van der Waals surface area (Å²) in [4.78, 5) is 15.1. The van der Waals surface area contributed by atoms with Gasteiger partial charge in [0.1, 0.15) is 5.75 Å². The highest BCUT2D eigenvalue weighted by Gasteiger charge is 2.59. The smallest absolute Gasteiger partial charge is 0.322 e. The van der Waals surface area contributed by atoms with Gasteiger partial charge < -0.3 is 19.7 Å². The molecule has 1 aromatic rings. The number of nitrogens with one attached hydrogen (secondary N) is 1. The Morgan fingerprint density at radius 3 is 2.80 bits per heavy atom. The van der Waals surface area contributed by atoms with E-state index in [1.165, 1.54) is 19.3 Å². The van der Waals surface area contributed by atoms with Crippen LogP contribution in [0.3, 0.4) is 0 Å². The predicted octanol–water partition coefficient (Wildman–Crippen LogP) is 3.43. The van der Waals surface area contributed by atoms with Crippen molar-refractivity contribution in [1.29, 1.82) is 0 Å². The molecule has 0 radical (unpaired) electrons. The Hall–Kier alpha value is -1.75. The summed E-state index contributed by atoms with van der Waals surface area (Å²) >= 11 is 0. The first-order valence-electron chi connectivity index (χ1n) is 9.67. The van der Waals surface area contributed by atoms with Gasteiger partial charge in [-0.1, -0.05) is 12.5 Å². The lowest BCUT2D eigenvalue weighted by molar-refractivity contribution is -0.135. The molecule has 4 aliphatic rings. The minimum Gasteiger partial charge on any atom is -0.493 e. The average molecular weight is 342 g/mol. The minimum atomic E-state index is 0.0642. The Morgan fingerprint density at radius 1 is 1.20 bits per heavy atom. The van der Waals surface area contributed by atoms with Gasteiger partial charge in [0, 0.05) is 48.9 Å². The van der Waals surface area contributed by atoms with Gasteiger partial charge in [-0.05, 0) is 43.7 Å². The van der Waals surface area contributed by atoms with Gasteiger partial charge in [0.15, 0.2) is 0 Å². The highest BCUT2D eigenvalue weighted by molar-refractivity contribution is 5.91. The van der Waals surface area contributed by atoms with E-state index >= 15 is 0 Å². The second-order valence-corrected chi connectivity index (χ2v) is 8.05. The van der Waals surface area contributed by atoms with E-state index in [2.05, 4.69) is 10.2 Å². The van der Waals surface area contributed by atoms with Crippen molar-refractivity contribution in [3.63, 3.8) is 0 Å². The third kappa shape index (κ3) is 2.43. The number of ether oxygens (including phenoxy) is 2. The molecule has 3 aliphatic heterocycles. The number of rotatable bonds is 2. The fourth-order valence-electron chi connectivity index (χ4n) is 5.34. The number of amides is 2. The molecule has 5 heteroatoms. The van der Waals surface area contributed by atoms with E-state index in [4.69, 9.17) is 9.47 Å². The molecule has 1 unspecified atom stereocenters. The van der Waals surface area contributed by atoms with E-state index in [0.29, 0.717) is 24.0 Å². The normalized spacial score (nSPS) is 27.2. The van der Waals surface area contributed by atoms with Crippen molar-refractivity contribution < 1.29 is 14.3 Å². The van der Waals surface area contributed by atoms with Crippen molar-refractivity contribution in [2.24, 2.45) is 11.3 Å². The summed E-state index contributed by atoms with van der Waals surface area (Å²) < 4.78 is 11.2. The van der Waals surface area contributed by atoms with E-state index in [0.717, 1.165) is 56.0 Å². The molecule has 1 aromatic carbocycles. The van der Waals surface area contributed by atoms with Crippen molar-refractivity contribution in [3.8, 4) is 5.75 Å². The zero-order valence-corrected chi connectivity index (χ0v) is 14.6. The maximum absolute atomic E-state index is 13.0. The molecule has 134 valence electrons. The molecule has 1 atom stereocenters. The van der Waals surface area contributed by atoms with E-state index < -0.39 is 0 Å². The van der Waals surface area contributed by atoms with Crippen LogP contribution in [0.1, 0.15) is 37.7 Å². The lowest BCUT2D eigenvalue weighted by Crippen LogP contribution is -2.72. The van der Waals surface area contributed by atoms with Crippen molar-refractivity contribution in [3.05, 3.63) is 23.8 Å². The van der Waals surface area contributed by atoms with Gasteiger partial charge in [-0.15, -0.1) is 0 Å². The van der Waals surface area contributed by atoms with E-state index in [1.807, 2.05) is 18.2 Å². The van der Waals surface area contributed by atoms with Crippen LogP contribution in [0.25, 0.3) is 0 Å². The van der Waals surface area contributed by atoms with Crippen molar-refractivity contribution in [1.82, 2.24) is 4.90 Å². The molecule has 1 aliphatic carbocycles. The Balaban J connectivity index is 1.34. The van der Waals surface area contributed by atoms with Crippen LogP contribution in [0.4, 0.5) is 10.5 Å². The number of carbonyl (C=O) groups excluding carboxylic acids is 1. The first kappa shape index (κ1) is 15.5. The fourth-order valence-corrected chi connectivity index (χ4v) is 5.34. The number of benzene rings is 1. The topological polar surface area (TPSA) is 50.8 Å². The molecular weight excluding hydrogens is 316 g/mol. The number of fused-ring (bicyclic) bond motifs is 1. The summed E-state index contributed by atoms with van der Waals surface area (Å²) in [6.45, 7) is 3.32. The summed E-state index contributed by atoms with van der Waals surface area (Å²) in [6.07, 6.45) is 6.94. The zero-order valence-electron chi connectivity index (χ0n) is 14.6. The van der Waals surface area contributed by atoms with E-state index in [1.54, 1.807) is 0 Å². The Labute approximate surface area is 148 Å². The van der Waals surface area contributed by atoms with Crippen LogP contribution in [-0.2, 0) is 11.2 Å². The lowest BCUT2D eigenvalue weighted by atomic mass is 9.54. The van der Waals surface area contributed by atoms with Gasteiger partial charge in [-0.3, -0.25) is 0 Å². The van der Waals surface area contributed by atoms with Crippen LogP contribution in [0.5, 0.6) is 5.75 Å². The molecule has 0 aromatic heterocycles. The Morgan fingerprint density at radius 2 is 2.04 bits per heavy atom. The van der Waals surface area contributed by atoms with Gasteiger partial charge in [-0.2, -0.15) is 0 Å². The van der Waals surface area contributed by atoms with Gasteiger partial charge in [-0.25, -0.2) is 4.79 Å². The highest BCUT2D eigenvalue weighted by Crippen LogP contribution is 2.56. The quantitative estimate of drug-likeness (QED) is 0.896. The molecule has 1 saturated carbocycles. The molecule has 2 amide bonds. The summed E-state index contributed by atoms with van der Waals surface area (Å²) in [6, 6.07) is 6.40. The highest BCUT2D eigenvalue weighted by atomic mass is 16.5. The SMILES string of the molecule is O=C(Nc1cccc2c1CCO2)N1CC2(CCC2)C1C1CCOCC1. The maximum Gasteiger partial charge on any atom is 0.322 e. The number of hydrogen-bond acceptors (Lipinski definition) is 3. The van der Waals surface area contributed by atoms with Gasteiger partial charge >= 0.3 is 6.03 Å². The van der Waals surface area contributed by atoms with Gasteiger partial charge in [0.25, 0.3) is 0 Å². The first-order valence-corrected chi connectivity index (χ1v) is 9.67. The van der Waals surface area contributed by atoms with E-state index in [-0.39, 0.29) is 6.03 Å². The largest absolute Gasteiger partial charge is 0.493 e. The monoisotopic (exact) mass is 342 g/mol. The molecule has 2 saturated heterocycles. The van der Waals surface area contributed by atoms with Gasteiger partial charge in [0.05, 0.1) is 6.61 Å². The van der Waals surface area contributed by atoms with Crippen LogP contribution in [0, 0.1) is 11.3 Å². The number of hydrogen-bond donors (Lipinski definition) is 1. The first-order chi connectivity index (χ1) is 12.3. The van der Waals surface area contributed by atoms with Crippen molar-refractivity contribution in [2.45, 2.75) is 44.6 Å². The van der Waals surface area contributed by atoms with Crippen LogP contribution < -0.4 is 10.1 Å². The molecule has 25 heavy (non-hydrogen) atoms. The molecule has 0 bridgehead atoms. The standard InChI is InChI=1S/C20H26N2O3/c23-19(21-16-3-1-4-17-15(16)7-12-25-17)22-13-20(8-2-9-20)18(22)14-5-10-24-11-6-14/h1,3-4,14,18H,2,5-13H2,(H,21,23). The second kappa shape index (κ2) is 5.90. The fraction of sp³-hybridized carbons (Fsp3) is 0.650. The van der Waals surface area contributed by atoms with E-state index in [9.17, 15) is 4.79 Å². The third-order valence-corrected chi connectivity index (χ3v) is 6.76. The van der Waals surface area contributed by atoms with Crippen molar-refractivity contribution in [2.75, 3.05) is 31.7 Å². The van der Waals surface area contributed by atoms with Gasteiger partial charge in [0.2, 0.25) is 0 Å². The summed E-state index contributed by atoms with van der Waals surface area (Å²) in [5, 5.41) is 3.17. The molecule has 1 spiro atoms. The number of likely N-dealkylation sites (tertiary alicyclic amines) is 1. The number of carbonyl (C=O) groups is 1. The second-order valence-electron chi connectivity index (χ2n) is 8.05. The van der Waals surface area contributed by atoms with Crippen LogP contribution in [0.2, 0.25) is 0 Å². The molecule has 5 rings (SSSR count). The van der Waals surface area contributed by atoms with Crippen LogP contribution in [0.15, 0.2) is 18.2 Å². The van der Waals surface area contributed by atoms with Crippen LogP contribution >= 0.6 is 0 Å². The average Bonchev–Trinajstić information content (AvgIpc) is 3.03. The predicted molar refractivity (Wildman–Crippen MR) is 95.0 cm³/mol. The third-order valence-electron chi connectivity index (χ3n) is 6.76. The molecule has 3 heterocycles. The molecule has 3 fully saturated rings. The summed E-state index contributed by atoms with van der Waals surface area (Å²) in [7, 11) is 0. The van der Waals surface area contributed by atoms with Crippen molar-refractivity contribution >= 4 is 11.7 Å². The minimum absolute atomic E-state index is 0.0642. The Kier molecular flexibility index (Phi) is 3.66. The Bertz CT molecular complexity index is 680. The summed E-state index contributed by atoms with van der Waals surface area (Å²) in [5.74, 6) is 1.51. The number of urea groups is 1. The molecule has 1 N–H and O–H groups in total. The lowest BCUT2D eigenvalue weighted by Gasteiger charge is -2.64. The zero-order chi connectivity index (χ0) is 16.9. The maximum atomic E-state index is 13.0. The number of nitrogens with zero attached hydrogens (tertiary/aromatic N) is 1. The summed E-state index contributed by atoms with van der Waals surface area (Å²) in [5.41, 5.74) is 2.46. The molecular formula is C20H26N2O3. The number of anilines is 1.